The van der Waals surface area contributed by atoms with Crippen LogP contribution in [0.1, 0.15) is 38.2 Å². The van der Waals surface area contributed by atoms with E-state index in [1.807, 2.05) is 12.1 Å². The minimum atomic E-state index is 0.109. The number of hydrogen-bond donors (Lipinski definition) is 0. The Labute approximate surface area is 80.4 Å². The fourth-order valence-electron chi connectivity index (χ4n) is 1.41. The Morgan fingerprint density at radius 3 is 2.31 bits per heavy atom. The molecule has 1 radical (unpaired) electrons. The lowest BCUT2D eigenvalue weighted by atomic mass is 10.1. The van der Waals surface area contributed by atoms with Gasteiger partial charge in [0.1, 0.15) is 0 Å². The van der Waals surface area contributed by atoms with Gasteiger partial charge in [0.25, 0.3) is 0 Å². The van der Waals surface area contributed by atoms with E-state index < -0.39 is 0 Å². The van der Waals surface area contributed by atoms with Crippen LogP contribution in [-0.2, 0) is 11.5 Å². The van der Waals surface area contributed by atoms with Crippen molar-refractivity contribution in [1.29, 1.82) is 0 Å². The predicted molar refractivity (Wildman–Crippen MR) is 54.4 cm³/mol. The molecule has 1 aromatic carbocycles. The van der Waals surface area contributed by atoms with Crippen LogP contribution in [0.25, 0.3) is 0 Å². The van der Waals surface area contributed by atoms with Gasteiger partial charge in [0, 0.05) is 0 Å². The van der Waals surface area contributed by atoms with Crippen LogP contribution in [0.4, 0.5) is 0 Å². The lowest BCUT2D eigenvalue weighted by molar-refractivity contribution is 0.355. The fourth-order valence-corrected chi connectivity index (χ4v) is 1.41. The lowest BCUT2D eigenvalue weighted by Gasteiger charge is -2.00. The molecule has 0 bridgehead atoms. The summed E-state index contributed by atoms with van der Waals surface area (Å²) in [6.07, 6.45) is 6.25. The molecule has 1 aromatic rings. The SMILES string of the molecule is CCCCCCc1ccc([O])cc1. The molecule has 0 unspecified atom stereocenters. The average molecular weight is 177 g/mol. The summed E-state index contributed by atoms with van der Waals surface area (Å²) < 4.78 is 0. The van der Waals surface area contributed by atoms with Gasteiger partial charge < -0.3 is 0 Å². The summed E-state index contributed by atoms with van der Waals surface area (Å²) in [4.78, 5) is 0. The third-order valence-electron chi connectivity index (χ3n) is 2.24. The highest BCUT2D eigenvalue weighted by atomic mass is 16.3. The molecule has 0 fully saturated rings. The van der Waals surface area contributed by atoms with E-state index in [0.717, 1.165) is 6.42 Å². The summed E-state index contributed by atoms with van der Waals surface area (Å²) in [7, 11) is 0. The Morgan fingerprint density at radius 1 is 1.00 bits per heavy atom. The fraction of sp³-hybridized carbons (Fsp3) is 0.500. The maximum Gasteiger partial charge on any atom is 0.178 e. The first-order valence-corrected chi connectivity index (χ1v) is 5.09. The smallest absolute Gasteiger partial charge is 0.178 e. The van der Waals surface area contributed by atoms with E-state index in [1.54, 1.807) is 12.1 Å². The number of unbranched alkanes of at least 4 members (excludes halogenated alkanes) is 3. The molecule has 1 nitrogen and oxygen atoms in total. The molecule has 13 heavy (non-hydrogen) atoms. The second kappa shape index (κ2) is 5.63. The van der Waals surface area contributed by atoms with E-state index in [4.69, 9.17) is 0 Å². The molecule has 0 saturated carbocycles. The highest BCUT2D eigenvalue weighted by Crippen LogP contribution is 2.13. The second-order valence-corrected chi connectivity index (χ2v) is 3.45. The van der Waals surface area contributed by atoms with Gasteiger partial charge in [-0.25, -0.2) is 0 Å². The zero-order chi connectivity index (χ0) is 9.52. The normalized spacial score (nSPS) is 10.2. The van der Waals surface area contributed by atoms with Crippen molar-refractivity contribution < 1.29 is 5.11 Å². The highest BCUT2D eigenvalue weighted by Gasteiger charge is 1.94. The molecule has 0 aliphatic carbocycles. The first-order chi connectivity index (χ1) is 6.33. The number of hydrogen-bond acceptors (Lipinski definition) is 0. The van der Waals surface area contributed by atoms with Crippen molar-refractivity contribution in [1.82, 2.24) is 0 Å². The van der Waals surface area contributed by atoms with E-state index >= 15 is 0 Å². The van der Waals surface area contributed by atoms with Gasteiger partial charge in [0.05, 0.1) is 0 Å². The minimum absolute atomic E-state index is 0.109. The van der Waals surface area contributed by atoms with Crippen LogP contribution in [0.5, 0.6) is 5.75 Å². The van der Waals surface area contributed by atoms with Crippen LogP contribution in [-0.4, -0.2) is 0 Å². The quantitative estimate of drug-likeness (QED) is 0.607. The van der Waals surface area contributed by atoms with Crippen LogP contribution in [0, 0.1) is 0 Å². The maximum absolute atomic E-state index is 10.8. The molecular weight excluding hydrogens is 160 g/mol. The van der Waals surface area contributed by atoms with Crippen molar-refractivity contribution in [2.45, 2.75) is 39.0 Å². The molecule has 0 N–H and O–H groups in total. The third-order valence-corrected chi connectivity index (χ3v) is 2.24. The Morgan fingerprint density at radius 2 is 1.69 bits per heavy atom. The van der Waals surface area contributed by atoms with Gasteiger partial charge in [-0.2, -0.15) is 0 Å². The van der Waals surface area contributed by atoms with E-state index in [0.29, 0.717) is 0 Å². The standard InChI is InChI=1S/C12H17O/c1-2-3-4-5-6-11-7-9-12(13)10-8-11/h7-10H,2-6H2,1H3. The van der Waals surface area contributed by atoms with E-state index in [9.17, 15) is 5.11 Å². The van der Waals surface area contributed by atoms with Crippen molar-refractivity contribution in [2.24, 2.45) is 0 Å². The summed E-state index contributed by atoms with van der Waals surface area (Å²) >= 11 is 0. The van der Waals surface area contributed by atoms with Crippen LogP contribution in [0.2, 0.25) is 0 Å². The average Bonchev–Trinajstić information content (AvgIpc) is 2.15. The second-order valence-electron chi connectivity index (χ2n) is 3.45. The third kappa shape index (κ3) is 3.97. The van der Waals surface area contributed by atoms with Gasteiger partial charge in [-0.05, 0) is 30.5 Å². The van der Waals surface area contributed by atoms with Gasteiger partial charge in [0.15, 0.2) is 5.75 Å². The molecule has 0 heterocycles. The summed E-state index contributed by atoms with van der Waals surface area (Å²) in [5.41, 5.74) is 1.29. The highest BCUT2D eigenvalue weighted by molar-refractivity contribution is 5.25. The van der Waals surface area contributed by atoms with Crippen molar-refractivity contribution >= 4 is 0 Å². The number of aryl methyl sites for hydroxylation is 1. The maximum atomic E-state index is 10.8. The first-order valence-electron chi connectivity index (χ1n) is 5.09. The van der Waals surface area contributed by atoms with Crippen LogP contribution >= 0.6 is 0 Å². The Hall–Kier alpha value is -0.980. The van der Waals surface area contributed by atoms with Crippen molar-refractivity contribution in [3.63, 3.8) is 0 Å². The molecule has 1 heteroatoms. The Bertz CT molecular complexity index is 225. The largest absolute Gasteiger partial charge is 0.290 e. The molecule has 0 saturated heterocycles. The van der Waals surface area contributed by atoms with Crippen molar-refractivity contribution in [3.05, 3.63) is 29.8 Å². The van der Waals surface area contributed by atoms with E-state index in [2.05, 4.69) is 6.92 Å². The molecule has 71 valence electrons. The summed E-state index contributed by atoms with van der Waals surface area (Å²) in [5, 5.41) is 10.8. The Balaban J connectivity index is 2.25. The zero-order valence-corrected chi connectivity index (χ0v) is 8.25. The van der Waals surface area contributed by atoms with Gasteiger partial charge in [-0.1, -0.05) is 38.3 Å². The number of rotatable bonds is 5. The van der Waals surface area contributed by atoms with Crippen molar-refractivity contribution in [2.75, 3.05) is 0 Å². The Kier molecular flexibility index (Phi) is 4.37. The topological polar surface area (TPSA) is 19.9 Å². The summed E-state index contributed by atoms with van der Waals surface area (Å²) in [5.74, 6) is 0.109. The van der Waals surface area contributed by atoms with Gasteiger partial charge >= 0.3 is 0 Å². The first kappa shape index (κ1) is 10.1. The summed E-state index contributed by atoms with van der Waals surface area (Å²) in [6.45, 7) is 2.21. The van der Waals surface area contributed by atoms with Crippen molar-refractivity contribution in [3.8, 4) is 5.75 Å². The summed E-state index contributed by atoms with van der Waals surface area (Å²) in [6, 6.07) is 7.17. The molecule has 0 aromatic heterocycles. The molecule has 0 amide bonds. The molecule has 0 aliphatic heterocycles. The predicted octanol–water partition coefficient (Wildman–Crippen LogP) is 3.95. The van der Waals surface area contributed by atoms with E-state index in [1.165, 1.54) is 31.2 Å². The molecule has 1 rings (SSSR count). The van der Waals surface area contributed by atoms with Crippen LogP contribution in [0.15, 0.2) is 24.3 Å². The van der Waals surface area contributed by atoms with Gasteiger partial charge in [-0.3, -0.25) is 5.11 Å². The van der Waals surface area contributed by atoms with Gasteiger partial charge in [-0.15, -0.1) is 0 Å². The van der Waals surface area contributed by atoms with Crippen LogP contribution in [0.3, 0.4) is 0 Å². The molecule has 0 spiro atoms. The number of benzene rings is 1. The van der Waals surface area contributed by atoms with E-state index in [-0.39, 0.29) is 5.75 Å². The van der Waals surface area contributed by atoms with Crippen LogP contribution < -0.4 is 0 Å². The molecule has 0 atom stereocenters. The zero-order valence-electron chi connectivity index (χ0n) is 8.25. The monoisotopic (exact) mass is 177 g/mol. The lowest BCUT2D eigenvalue weighted by Crippen LogP contribution is -1.84. The molecule has 0 aliphatic rings. The van der Waals surface area contributed by atoms with Gasteiger partial charge in [0.2, 0.25) is 0 Å². The molecular formula is C12H17O. The minimum Gasteiger partial charge on any atom is -0.290 e.